The summed E-state index contributed by atoms with van der Waals surface area (Å²) in [5.41, 5.74) is 1.52. The number of hydrazone groups is 1. The molecule has 0 aromatic heterocycles. The summed E-state index contributed by atoms with van der Waals surface area (Å²) >= 11 is 0. The maximum atomic E-state index is 4.49. The zero-order chi connectivity index (χ0) is 8.65. The third kappa shape index (κ3) is 1.15. The third-order valence-corrected chi connectivity index (χ3v) is 3.03. The minimum Gasteiger partial charge on any atom is -0.294 e. The monoisotopic (exact) mass is 154 g/mol. The molecule has 0 amide bonds. The van der Waals surface area contributed by atoms with E-state index in [4.69, 9.17) is 0 Å². The highest BCUT2D eigenvalue weighted by molar-refractivity contribution is 5.89. The van der Waals surface area contributed by atoms with Crippen molar-refractivity contribution < 1.29 is 0 Å². The molecule has 0 spiro atoms. The van der Waals surface area contributed by atoms with E-state index in [1.807, 2.05) is 0 Å². The van der Waals surface area contributed by atoms with Gasteiger partial charge in [-0.15, -0.1) is 0 Å². The van der Waals surface area contributed by atoms with Gasteiger partial charge < -0.3 is 0 Å². The van der Waals surface area contributed by atoms with Crippen LogP contribution in [0.5, 0.6) is 0 Å². The quantitative estimate of drug-likeness (QED) is 0.565. The lowest BCUT2D eigenvalue weighted by Gasteiger charge is -2.28. The minimum absolute atomic E-state index is 0.260. The van der Waals surface area contributed by atoms with Gasteiger partial charge in [0.1, 0.15) is 0 Å². The Morgan fingerprint density at radius 2 is 2.09 bits per heavy atom. The average molecular weight is 154 g/mol. The van der Waals surface area contributed by atoms with Crippen LogP contribution in [-0.2, 0) is 0 Å². The van der Waals surface area contributed by atoms with Crippen LogP contribution in [0.2, 0.25) is 0 Å². The summed E-state index contributed by atoms with van der Waals surface area (Å²) < 4.78 is 0. The Kier molecular flexibility index (Phi) is 1.95. The highest BCUT2D eigenvalue weighted by atomic mass is 15.5. The molecular formula is C9H18N2. The van der Waals surface area contributed by atoms with Gasteiger partial charge in [-0.1, -0.05) is 13.8 Å². The Morgan fingerprint density at radius 1 is 1.55 bits per heavy atom. The first-order valence-corrected chi connectivity index (χ1v) is 4.32. The summed E-state index contributed by atoms with van der Waals surface area (Å²) in [6.45, 7) is 12.0. The zero-order valence-electron chi connectivity index (χ0n) is 8.18. The van der Waals surface area contributed by atoms with E-state index in [0.29, 0.717) is 6.04 Å². The lowest BCUT2D eigenvalue weighted by atomic mass is 9.82. The summed E-state index contributed by atoms with van der Waals surface area (Å²) in [6, 6.07) is 0.549. The van der Waals surface area contributed by atoms with Crippen molar-refractivity contribution in [1.29, 1.82) is 0 Å². The molecule has 1 atom stereocenters. The van der Waals surface area contributed by atoms with E-state index >= 15 is 0 Å². The number of rotatable bonds is 1. The standard InChI is InChI=1S/C9H18N2/c1-6-11-8(3)9(4,5)7(2)10-11/h8H,6H2,1-5H3. The molecule has 64 valence electrons. The summed E-state index contributed by atoms with van der Waals surface area (Å²) in [6.07, 6.45) is 0. The lowest BCUT2D eigenvalue weighted by molar-refractivity contribution is 0.189. The molecule has 2 heteroatoms. The first-order valence-electron chi connectivity index (χ1n) is 4.32. The molecule has 0 aliphatic carbocycles. The Labute approximate surface area is 69.3 Å². The molecule has 1 aliphatic rings. The van der Waals surface area contributed by atoms with E-state index in [1.165, 1.54) is 5.71 Å². The van der Waals surface area contributed by atoms with Crippen molar-refractivity contribution in [1.82, 2.24) is 5.01 Å². The molecule has 0 aromatic carbocycles. The first kappa shape index (κ1) is 8.57. The van der Waals surface area contributed by atoms with Crippen molar-refractivity contribution in [2.75, 3.05) is 6.54 Å². The predicted octanol–water partition coefficient (Wildman–Crippen LogP) is 2.11. The third-order valence-electron chi connectivity index (χ3n) is 3.03. The van der Waals surface area contributed by atoms with Crippen LogP contribution in [0.3, 0.4) is 0 Å². The second-order valence-electron chi connectivity index (χ2n) is 3.84. The predicted molar refractivity (Wildman–Crippen MR) is 48.7 cm³/mol. The van der Waals surface area contributed by atoms with Crippen LogP contribution in [0.4, 0.5) is 0 Å². The Morgan fingerprint density at radius 3 is 2.27 bits per heavy atom. The summed E-state index contributed by atoms with van der Waals surface area (Å²) in [5, 5.41) is 6.65. The van der Waals surface area contributed by atoms with Crippen LogP contribution in [0.15, 0.2) is 5.10 Å². The maximum absolute atomic E-state index is 4.49. The lowest BCUT2D eigenvalue weighted by Crippen LogP contribution is -2.36. The van der Waals surface area contributed by atoms with E-state index in [9.17, 15) is 0 Å². The second-order valence-corrected chi connectivity index (χ2v) is 3.84. The van der Waals surface area contributed by atoms with Crippen molar-refractivity contribution in [2.24, 2.45) is 10.5 Å². The minimum atomic E-state index is 0.260. The molecule has 0 fully saturated rings. The molecule has 11 heavy (non-hydrogen) atoms. The van der Waals surface area contributed by atoms with Gasteiger partial charge in [-0.25, -0.2) is 0 Å². The van der Waals surface area contributed by atoms with Gasteiger partial charge >= 0.3 is 0 Å². The van der Waals surface area contributed by atoms with Crippen LogP contribution in [0.25, 0.3) is 0 Å². The molecule has 1 rings (SSSR count). The normalized spacial score (nSPS) is 29.0. The SMILES string of the molecule is CCN1N=C(C)C(C)(C)C1C. The van der Waals surface area contributed by atoms with Crippen LogP contribution in [-0.4, -0.2) is 23.3 Å². The van der Waals surface area contributed by atoms with E-state index in [1.54, 1.807) is 0 Å². The fourth-order valence-corrected chi connectivity index (χ4v) is 1.43. The van der Waals surface area contributed by atoms with Gasteiger partial charge in [0, 0.05) is 17.7 Å². The van der Waals surface area contributed by atoms with Gasteiger partial charge in [-0.2, -0.15) is 5.10 Å². The Balaban J connectivity index is 2.84. The molecule has 0 radical (unpaired) electrons. The smallest absolute Gasteiger partial charge is 0.0546 e. The number of hydrogen-bond donors (Lipinski definition) is 0. The van der Waals surface area contributed by atoms with Gasteiger partial charge in [0.25, 0.3) is 0 Å². The topological polar surface area (TPSA) is 15.6 Å². The summed E-state index contributed by atoms with van der Waals surface area (Å²) in [7, 11) is 0. The molecule has 0 bridgehead atoms. The fourth-order valence-electron chi connectivity index (χ4n) is 1.43. The first-order chi connectivity index (χ1) is 5.00. The molecule has 1 heterocycles. The maximum Gasteiger partial charge on any atom is 0.0546 e. The van der Waals surface area contributed by atoms with Gasteiger partial charge in [0.2, 0.25) is 0 Å². The number of hydrogen-bond acceptors (Lipinski definition) is 2. The van der Waals surface area contributed by atoms with Crippen molar-refractivity contribution >= 4 is 5.71 Å². The van der Waals surface area contributed by atoms with Gasteiger partial charge in [0.05, 0.1) is 6.04 Å². The van der Waals surface area contributed by atoms with Crippen molar-refractivity contribution in [3.8, 4) is 0 Å². The van der Waals surface area contributed by atoms with Crippen LogP contribution in [0, 0.1) is 5.41 Å². The van der Waals surface area contributed by atoms with Crippen LogP contribution in [0.1, 0.15) is 34.6 Å². The molecule has 0 saturated carbocycles. The van der Waals surface area contributed by atoms with Crippen molar-refractivity contribution in [2.45, 2.75) is 40.7 Å². The molecule has 0 aromatic rings. The van der Waals surface area contributed by atoms with E-state index in [0.717, 1.165) is 6.54 Å². The van der Waals surface area contributed by atoms with Gasteiger partial charge in [0.15, 0.2) is 0 Å². The van der Waals surface area contributed by atoms with E-state index in [-0.39, 0.29) is 5.41 Å². The molecule has 0 saturated heterocycles. The molecule has 1 aliphatic heterocycles. The number of nitrogens with zero attached hydrogens (tertiary/aromatic N) is 2. The van der Waals surface area contributed by atoms with E-state index in [2.05, 4.69) is 44.7 Å². The molecule has 0 N–H and O–H groups in total. The molecule has 2 nitrogen and oxygen atoms in total. The van der Waals surface area contributed by atoms with Crippen molar-refractivity contribution in [3.63, 3.8) is 0 Å². The Bertz CT molecular complexity index is 182. The molecule has 1 unspecified atom stereocenters. The van der Waals surface area contributed by atoms with Crippen LogP contribution < -0.4 is 0 Å². The average Bonchev–Trinajstić information content (AvgIpc) is 2.14. The largest absolute Gasteiger partial charge is 0.294 e. The van der Waals surface area contributed by atoms with E-state index < -0.39 is 0 Å². The highest BCUT2D eigenvalue weighted by Crippen LogP contribution is 2.32. The molecular weight excluding hydrogens is 136 g/mol. The zero-order valence-corrected chi connectivity index (χ0v) is 8.18. The van der Waals surface area contributed by atoms with Crippen molar-refractivity contribution in [3.05, 3.63) is 0 Å². The highest BCUT2D eigenvalue weighted by Gasteiger charge is 2.37. The summed E-state index contributed by atoms with van der Waals surface area (Å²) in [5.74, 6) is 0. The Hall–Kier alpha value is -0.530. The van der Waals surface area contributed by atoms with Gasteiger partial charge in [-0.05, 0) is 20.8 Å². The fraction of sp³-hybridized carbons (Fsp3) is 0.889. The second kappa shape index (κ2) is 2.50. The summed E-state index contributed by atoms with van der Waals surface area (Å²) in [4.78, 5) is 0. The van der Waals surface area contributed by atoms with Gasteiger partial charge in [-0.3, -0.25) is 5.01 Å². The van der Waals surface area contributed by atoms with Crippen LogP contribution >= 0.6 is 0 Å².